The van der Waals surface area contributed by atoms with Crippen LogP contribution >= 0.6 is 0 Å². The molecule has 2 heterocycles. The Labute approximate surface area is 103 Å². The molecule has 0 aliphatic carbocycles. The maximum Gasteiger partial charge on any atom is 0.213 e. The lowest BCUT2D eigenvalue weighted by atomic mass is 9.87. The van der Waals surface area contributed by atoms with Crippen LogP contribution in [0.15, 0.2) is 42.6 Å². The second-order valence-electron chi connectivity index (χ2n) is 5.84. The smallest absolute Gasteiger partial charge is 0.194 e. The lowest BCUT2D eigenvalue weighted by Gasteiger charge is -2.18. The Balaban J connectivity index is 2.18. The predicted molar refractivity (Wildman–Crippen MR) is 69.9 cm³/mol. The summed E-state index contributed by atoms with van der Waals surface area (Å²) in [5, 5.41) is 0. The molecular weight excluding hydrogens is 206 g/mol. The second kappa shape index (κ2) is 3.43. The number of benzene rings is 1. The third-order valence-electron chi connectivity index (χ3n) is 3.54. The average molecular weight is 224 g/mol. The summed E-state index contributed by atoms with van der Waals surface area (Å²) < 4.78 is 2.33. The Morgan fingerprint density at radius 3 is 2.59 bits per heavy atom. The molecule has 1 nitrogen and oxygen atoms in total. The lowest BCUT2D eigenvalue weighted by Crippen LogP contribution is -2.32. The van der Waals surface area contributed by atoms with Crippen LogP contribution in [0.3, 0.4) is 0 Å². The Bertz CT molecular complexity index is 576. The highest BCUT2D eigenvalue weighted by atomic mass is 15.0. The maximum atomic E-state index is 2.34. The van der Waals surface area contributed by atoms with Crippen molar-refractivity contribution in [3.05, 3.63) is 53.7 Å². The maximum absolute atomic E-state index is 2.34. The zero-order chi connectivity index (χ0) is 12.0. The third-order valence-corrected chi connectivity index (χ3v) is 3.54. The molecule has 1 aromatic carbocycles. The number of fused-ring (bicyclic) bond motifs is 3. The first-order valence-electron chi connectivity index (χ1n) is 6.18. The van der Waals surface area contributed by atoms with Gasteiger partial charge in [-0.05, 0) is 17.0 Å². The molecule has 86 valence electrons. The molecule has 2 aromatic rings. The van der Waals surface area contributed by atoms with E-state index in [0.29, 0.717) is 0 Å². The Kier molecular flexibility index (Phi) is 2.12. The molecule has 1 aliphatic heterocycles. The number of hydrogen-bond donors (Lipinski definition) is 0. The van der Waals surface area contributed by atoms with Crippen molar-refractivity contribution in [2.24, 2.45) is 0 Å². The lowest BCUT2D eigenvalue weighted by molar-refractivity contribution is -0.672. The molecule has 0 radical (unpaired) electrons. The molecule has 0 fully saturated rings. The van der Waals surface area contributed by atoms with Crippen LogP contribution in [0.5, 0.6) is 0 Å². The van der Waals surface area contributed by atoms with Crippen LogP contribution in [0.2, 0.25) is 0 Å². The molecule has 0 saturated heterocycles. The Morgan fingerprint density at radius 1 is 1.06 bits per heavy atom. The molecule has 0 unspecified atom stereocenters. The van der Waals surface area contributed by atoms with Gasteiger partial charge in [0.1, 0.15) is 0 Å². The highest BCUT2D eigenvalue weighted by molar-refractivity contribution is 5.63. The second-order valence-corrected chi connectivity index (χ2v) is 5.84. The van der Waals surface area contributed by atoms with Gasteiger partial charge in [0, 0.05) is 17.7 Å². The monoisotopic (exact) mass is 224 g/mol. The summed E-state index contributed by atoms with van der Waals surface area (Å²) in [5.74, 6) is 0. The minimum Gasteiger partial charge on any atom is -0.194 e. The summed E-state index contributed by atoms with van der Waals surface area (Å²) in [6.45, 7) is 7.80. The minimum absolute atomic E-state index is 0.215. The zero-order valence-electron chi connectivity index (χ0n) is 10.7. The summed E-state index contributed by atoms with van der Waals surface area (Å²) in [6, 6.07) is 13.3. The van der Waals surface area contributed by atoms with E-state index in [-0.39, 0.29) is 5.41 Å². The van der Waals surface area contributed by atoms with Gasteiger partial charge in [-0.25, -0.2) is 0 Å². The highest BCUT2D eigenvalue weighted by Crippen LogP contribution is 2.30. The van der Waals surface area contributed by atoms with Crippen LogP contribution in [0, 0.1) is 0 Å². The SMILES string of the molecule is CC(C)(C)c1cc[n+]2c(c1)-c1ccccc1C2. The van der Waals surface area contributed by atoms with Gasteiger partial charge in [0.15, 0.2) is 12.7 Å². The van der Waals surface area contributed by atoms with Crippen molar-refractivity contribution in [3.63, 3.8) is 0 Å². The van der Waals surface area contributed by atoms with Gasteiger partial charge in [-0.2, -0.15) is 4.57 Å². The fourth-order valence-electron chi connectivity index (χ4n) is 2.46. The Hall–Kier alpha value is -1.63. The first kappa shape index (κ1) is 10.5. The molecule has 3 rings (SSSR count). The number of pyridine rings is 1. The molecule has 1 aromatic heterocycles. The minimum atomic E-state index is 0.215. The summed E-state index contributed by atoms with van der Waals surface area (Å²) >= 11 is 0. The van der Waals surface area contributed by atoms with Crippen LogP contribution in [0.4, 0.5) is 0 Å². The van der Waals surface area contributed by atoms with Gasteiger partial charge >= 0.3 is 0 Å². The molecule has 0 spiro atoms. The third kappa shape index (κ3) is 1.66. The quantitative estimate of drug-likeness (QED) is 0.516. The van der Waals surface area contributed by atoms with Gasteiger partial charge in [-0.3, -0.25) is 0 Å². The van der Waals surface area contributed by atoms with Crippen molar-refractivity contribution in [2.45, 2.75) is 32.7 Å². The number of rotatable bonds is 0. The Morgan fingerprint density at radius 2 is 1.82 bits per heavy atom. The van der Waals surface area contributed by atoms with E-state index in [9.17, 15) is 0 Å². The highest BCUT2D eigenvalue weighted by Gasteiger charge is 2.27. The van der Waals surface area contributed by atoms with Crippen molar-refractivity contribution in [1.82, 2.24) is 0 Å². The molecule has 0 saturated carbocycles. The molecule has 1 aliphatic rings. The van der Waals surface area contributed by atoms with E-state index in [1.807, 2.05) is 0 Å². The van der Waals surface area contributed by atoms with Crippen LogP contribution in [0.1, 0.15) is 31.9 Å². The number of nitrogens with zero attached hydrogens (tertiary/aromatic N) is 1. The molecule has 17 heavy (non-hydrogen) atoms. The average Bonchev–Trinajstić information content (AvgIpc) is 2.65. The molecule has 0 atom stereocenters. The topological polar surface area (TPSA) is 3.88 Å². The van der Waals surface area contributed by atoms with Crippen LogP contribution < -0.4 is 4.57 Å². The van der Waals surface area contributed by atoms with Crippen molar-refractivity contribution >= 4 is 0 Å². The zero-order valence-corrected chi connectivity index (χ0v) is 10.7. The number of aromatic nitrogens is 1. The summed E-state index contributed by atoms with van der Waals surface area (Å²) in [6.07, 6.45) is 2.22. The van der Waals surface area contributed by atoms with Gasteiger partial charge in [0.05, 0.1) is 5.56 Å². The first-order valence-corrected chi connectivity index (χ1v) is 6.18. The van der Waals surface area contributed by atoms with E-state index in [2.05, 4.69) is 67.9 Å². The molecule has 0 amide bonds. The summed E-state index contributed by atoms with van der Waals surface area (Å²) in [5.41, 5.74) is 5.79. The van der Waals surface area contributed by atoms with Crippen molar-refractivity contribution in [3.8, 4) is 11.3 Å². The van der Waals surface area contributed by atoms with Crippen LogP contribution in [-0.2, 0) is 12.0 Å². The van der Waals surface area contributed by atoms with E-state index in [1.165, 1.54) is 22.4 Å². The van der Waals surface area contributed by atoms with Crippen molar-refractivity contribution in [1.29, 1.82) is 0 Å². The van der Waals surface area contributed by atoms with E-state index >= 15 is 0 Å². The summed E-state index contributed by atoms with van der Waals surface area (Å²) in [4.78, 5) is 0. The fraction of sp³-hybridized carbons (Fsp3) is 0.312. The molecule has 0 bridgehead atoms. The fourth-order valence-corrected chi connectivity index (χ4v) is 2.46. The van der Waals surface area contributed by atoms with Crippen LogP contribution in [0.25, 0.3) is 11.3 Å². The number of hydrogen-bond acceptors (Lipinski definition) is 0. The van der Waals surface area contributed by atoms with Crippen molar-refractivity contribution in [2.75, 3.05) is 0 Å². The van der Waals surface area contributed by atoms with Gasteiger partial charge in [0.25, 0.3) is 0 Å². The predicted octanol–water partition coefficient (Wildman–Crippen LogP) is 3.30. The largest absolute Gasteiger partial charge is 0.213 e. The normalized spacial score (nSPS) is 13.4. The van der Waals surface area contributed by atoms with E-state index < -0.39 is 0 Å². The molecule has 0 N–H and O–H groups in total. The van der Waals surface area contributed by atoms with Gasteiger partial charge < -0.3 is 0 Å². The van der Waals surface area contributed by atoms with Crippen molar-refractivity contribution < 1.29 is 4.57 Å². The van der Waals surface area contributed by atoms with Gasteiger partial charge in [-0.1, -0.05) is 39.0 Å². The van der Waals surface area contributed by atoms with Gasteiger partial charge in [0.2, 0.25) is 5.69 Å². The van der Waals surface area contributed by atoms with Gasteiger partial charge in [-0.15, -0.1) is 0 Å². The molecule has 1 heteroatoms. The van der Waals surface area contributed by atoms with E-state index in [4.69, 9.17) is 0 Å². The van der Waals surface area contributed by atoms with E-state index in [1.54, 1.807) is 0 Å². The molecular formula is C16H18N+. The standard InChI is InChI=1S/C16H18N/c1-16(2,3)13-8-9-17-11-12-6-4-5-7-14(12)15(17)10-13/h4-10H,11H2,1-3H3/q+1. The summed E-state index contributed by atoms with van der Waals surface area (Å²) in [7, 11) is 0. The first-order chi connectivity index (χ1) is 8.05. The van der Waals surface area contributed by atoms with E-state index in [0.717, 1.165) is 6.54 Å². The van der Waals surface area contributed by atoms with Crippen LogP contribution in [-0.4, -0.2) is 0 Å².